The van der Waals surface area contributed by atoms with E-state index in [1.165, 1.54) is 25.1 Å². The molecule has 2 unspecified atom stereocenters. The van der Waals surface area contributed by atoms with Crippen LogP contribution in [0, 0.1) is 23.0 Å². The summed E-state index contributed by atoms with van der Waals surface area (Å²) in [5, 5.41) is 10.9. The Labute approximate surface area is 118 Å². The molecule has 110 valence electrons. The maximum atomic E-state index is 12.4. The molecule has 0 radical (unpaired) electrons. The van der Waals surface area contributed by atoms with Crippen LogP contribution in [0.2, 0.25) is 0 Å². The molecule has 1 fully saturated rings. The Balaban J connectivity index is 2.30. The van der Waals surface area contributed by atoms with Crippen LogP contribution in [0.15, 0.2) is 23.1 Å². The summed E-state index contributed by atoms with van der Waals surface area (Å²) in [5.41, 5.74) is 0.00344. The molecule has 0 aromatic heterocycles. The Morgan fingerprint density at radius 2 is 2.05 bits per heavy atom. The number of sulfonamides is 1. The first kappa shape index (κ1) is 14.9. The van der Waals surface area contributed by atoms with Crippen molar-refractivity contribution >= 4 is 15.7 Å². The highest BCUT2D eigenvalue weighted by Gasteiger charge is 2.29. The molecule has 0 amide bonds. The molecule has 0 heterocycles. The molecule has 2 rings (SSSR count). The molecule has 0 saturated heterocycles. The lowest BCUT2D eigenvalue weighted by Crippen LogP contribution is -2.33. The van der Waals surface area contributed by atoms with Crippen LogP contribution in [-0.4, -0.2) is 19.4 Å². The smallest absolute Gasteiger partial charge is 0.258 e. The van der Waals surface area contributed by atoms with Gasteiger partial charge in [0.1, 0.15) is 0 Å². The fourth-order valence-corrected chi connectivity index (χ4v) is 4.23. The highest BCUT2D eigenvalue weighted by Crippen LogP contribution is 2.28. The summed E-state index contributed by atoms with van der Waals surface area (Å²) < 4.78 is 27.4. The van der Waals surface area contributed by atoms with Gasteiger partial charge in [-0.15, -0.1) is 0 Å². The van der Waals surface area contributed by atoms with Crippen LogP contribution in [0.3, 0.4) is 0 Å². The van der Waals surface area contributed by atoms with Crippen molar-refractivity contribution in [1.29, 1.82) is 0 Å². The highest BCUT2D eigenvalue weighted by atomic mass is 32.2. The minimum absolute atomic E-state index is 0.00810. The average molecular weight is 298 g/mol. The maximum Gasteiger partial charge on any atom is 0.273 e. The minimum atomic E-state index is -3.71. The summed E-state index contributed by atoms with van der Waals surface area (Å²) in [5.74, 6) is 0.508. The Kier molecular flexibility index (Phi) is 4.10. The number of nitrogens with one attached hydrogen (secondary N) is 1. The number of nitro benzene ring substituents is 1. The third-order valence-corrected chi connectivity index (χ3v) is 5.42. The molecule has 1 aliphatic carbocycles. The van der Waals surface area contributed by atoms with E-state index in [9.17, 15) is 18.5 Å². The molecule has 1 aliphatic rings. The van der Waals surface area contributed by atoms with Gasteiger partial charge in [-0.25, -0.2) is 13.1 Å². The molecule has 20 heavy (non-hydrogen) atoms. The predicted octanol–water partition coefficient (Wildman–Crippen LogP) is 2.37. The summed E-state index contributed by atoms with van der Waals surface area (Å²) in [6.07, 6.45) is 2.63. The summed E-state index contributed by atoms with van der Waals surface area (Å²) in [4.78, 5) is 10.3. The Morgan fingerprint density at radius 3 is 2.60 bits per heavy atom. The topological polar surface area (TPSA) is 89.3 Å². The van der Waals surface area contributed by atoms with E-state index in [4.69, 9.17) is 0 Å². The van der Waals surface area contributed by atoms with Crippen molar-refractivity contribution in [2.24, 2.45) is 5.92 Å². The zero-order valence-electron chi connectivity index (χ0n) is 11.5. The summed E-state index contributed by atoms with van der Waals surface area (Å²) >= 11 is 0. The van der Waals surface area contributed by atoms with Crippen molar-refractivity contribution in [2.75, 3.05) is 0 Å². The zero-order valence-corrected chi connectivity index (χ0v) is 12.3. The van der Waals surface area contributed by atoms with Crippen LogP contribution >= 0.6 is 0 Å². The molecule has 1 saturated carbocycles. The van der Waals surface area contributed by atoms with Gasteiger partial charge in [0.2, 0.25) is 10.0 Å². The molecular weight excluding hydrogens is 280 g/mol. The third-order valence-electron chi connectivity index (χ3n) is 3.76. The van der Waals surface area contributed by atoms with Gasteiger partial charge in [0, 0.05) is 17.7 Å². The van der Waals surface area contributed by atoms with E-state index in [1.54, 1.807) is 0 Å². The quantitative estimate of drug-likeness (QED) is 0.682. The maximum absolute atomic E-state index is 12.4. The average Bonchev–Trinajstić information content (AvgIpc) is 2.73. The normalized spacial score (nSPS) is 22.9. The number of nitrogens with zero attached hydrogens (tertiary/aromatic N) is 1. The van der Waals surface area contributed by atoms with Crippen LogP contribution in [0.5, 0.6) is 0 Å². The van der Waals surface area contributed by atoms with Crippen LogP contribution in [-0.2, 0) is 10.0 Å². The van der Waals surface area contributed by atoms with Gasteiger partial charge < -0.3 is 0 Å². The molecule has 2 atom stereocenters. The zero-order chi connectivity index (χ0) is 14.9. The highest BCUT2D eigenvalue weighted by molar-refractivity contribution is 7.89. The first-order valence-electron chi connectivity index (χ1n) is 6.57. The lowest BCUT2D eigenvalue weighted by Gasteiger charge is -2.14. The molecule has 7 heteroatoms. The summed E-state index contributed by atoms with van der Waals surface area (Å²) in [6, 6.07) is 4.04. The van der Waals surface area contributed by atoms with Gasteiger partial charge in [-0.3, -0.25) is 10.1 Å². The monoisotopic (exact) mass is 298 g/mol. The van der Waals surface area contributed by atoms with Crippen LogP contribution in [0.25, 0.3) is 0 Å². The van der Waals surface area contributed by atoms with E-state index in [0.29, 0.717) is 5.92 Å². The first-order valence-corrected chi connectivity index (χ1v) is 8.06. The Morgan fingerprint density at radius 1 is 1.35 bits per heavy atom. The molecule has 0 spiro atoms. The second-order valence-electron chi connectivity index (χ2n) is 5.39. The second kappa shape index (κ2) is 5.49. The van der Waals surface area contributed by atoms with Gasteiger partial charge in [-0.2, -0.15) is 0 Å². The molecule has 1 aromatic rings. The lowest BCUT2D eigenvalue weighted by atomic mass is 10.1. The number of rotatable bonds is 4. The number of nitro groups is 1. The lowest BCUT2D eigenvalue weighted by molar-refractivity contribution is -0.385. The molecular formula is C13H18N2O4S. The van der Waals surface area contributed by atoms with Crippen molar-refractivity contribution in [2.45, 2.75) is 44.0 Å². The first-order chi connectivity index (χ1) is 9.31. The molecule has 0 bridgehead atoms. The molecule has 0 aliphatic heterocycles. The minimum Gasteiger partial charge on any atom is -0.258 e. The van der Waals surface area contributed by atoms with Gasteiger partial charge >= 0.3 is 0 Å². The fraction of sp³-hybridized carbons (Fsp3) is 0.538. The van der Waals surface area contributed by atoms with Crippen LogP contribution in [0.1, 0.15) is 31.7 Å². The SMILES string of the molecule is Cc1c([N+](=O)[O-])cccc1S(=O)(=O)NC1CCC(C)C1. The number of hydrogen-bond acceptors (Lipinski definition) is 4. The van der Waals surface area contributed by atoms with Crippen molar-refractivity contribution < 1.29 is 13.3 Å². The third kappa shape index (κ3) is 2.99. The van der Waals surface area contributed by atoms with E-state index >= 15 is 0 Å². The van der Waals surface area contributed by atoms with Gasteiger partial charge in [0.05, 0.1) is 9.82 Å². The van der Waals surface area contributed by atoms with Crippen LogP contribution < -0.4 is 4.72 Å². The number of hydrogen-bond donors (Lipinski definition) is 1. The van der Waals surface area contributed by atoms with E-state index < -0.39 is 14.9 Å². The van der Waals surface area contributed by atoms with E-state index in [-0.39, 0.29) is 22.2 Å². The van der Waals surface area contributed by atoms with E-state index in [2.05, 4.69) is 11.6 Å². The van der Waals surface area contributed by atoms with Crippen molar-refractivity contribution in [3.05, 3.63) is 33.9 Å². The van der Waals surface area contributed by atoms with Gasteiger partial charge in [0.15, 0.2) is 0 Å². The van der Waals surface area contributed by atoms with E-state index in [0.717, 1.165) is 19.3 Å². The predicted molar refractivity (Wildman–Crippen MR) is 75.0 cm³/mol. The molecule has 1 N–H and O–H groups in total. The second-order valence-corrected chi connectivity index (χ2v) is 7.08. The largest absolute Gasteiger partial charge is 0.273 e. The summed E-state index contributed by atoms with van der Waals surface area (Å²) in [6.45, 7) is 3.55. The Bertz CT molecular complexity index is 627. The number of benzene rings is 1. The van der Waals surface area contributed by atoms with Gasteiger partial charge in [-0.05, 0) is 38.2 Å². The standard InChI is InChI=1S/C13H18N2O4S/c1-9-6-7-11(8-9)14-20(18,19)13-5-3-4-12(10(13)2)15(16)17/h3-5,9,11,14H,6-8H2,1-2H3. The van der Waals surface area contributed by atoms with Crippen molar-refractivity contribution in [1.82, 2.24) is 4.72 Å². The summed E-state index contributed by atoms with van der Waals surface area (Å²) in [7, 11) is -3.71. The van der Waals surface area contributed by atoms with Crippen molar-refractivity contribution in [3.63, 3.8) is 0 Å². The Hall–Kier alpha value is -1.47. The molecule has 6 nitrogen and oxygen atoms in total. The van der Waals surface area contributed by atoms with Crippen molar-refractivity contribution in [3.8, 4) is 0 Å². The van der Waals surface area contributed by atoms with Gasteiger partial charge in [0.25, 0.3) is 5.69 Å². The van der Waals surface area contributed by atoms with Gasteiger partial charge in [-0.1, -0.05) is 13.0 Å². The van der Waals surface area contributed by atoms with Crippen LogP contribution in [0.4, 0.5) is 5.69 Å². The molecule has 1 aromatic carbocycles. The van der Waals surface area contributed by atoms with E-state index in [1.807, 2.05) is 0 Å². The fourth-order valence-electron chi connectivity index (χ4n) is 2.69.